The summed E-state index contributed by atoms with van der Waals surface area (Å²) in [5.74, 6) is 0.529. The van der Waals surface area contributed by atoms with Crippen molar-refractivity contribution in [2.45, 2.75) is 25.2 Å². The fourth-order valence-corrected chi connectivity index (χ4v) is 1.76. The molecule has 19 heavy (non-hydrogen) atoms. The number of nitrogens with one attached hydrogen (secondary N) is 1. The molecule has 2 aromatic heterocycles. The molecule has 2 rings (SSSR count). The van der Waals surface area contributed by atoms with Gasteiger partial charge in [-0.3, -0.25) is 0 Å². The van der Waals surface area contributed by atoms with Gasteiger partial charge in [0.25, 0.3) is 0 Å². The average molecular weight is 275 g/mol. The zero-order valence-electron chi connectivity index (χ0n) is 10.0. The van der Waals surface area contributed by atoms with Crippen LogP contribution in [-0.4, -0.2) is 44.2 Å². The molecule has 1 unspecified atom stereocenters. The highest BCUT2D eigenvalue weighted by Gasteiger charge is 2.31. The third-order valence-corrected chi connectivity index (χ3v) is 2.52. The van der Waals surface area contributed by atoms with Gasteiger partial charge in [-0.15, -0.1) is 0 Å². The second-order valence-electron chi connectivity index (χ2n) is 4.01. The largest absolute Gasteiger partial charge is 0.391 e. The van der Waals surface area contributed by atoms with Crippen LogP contribution in [0.15, 0.2) is 12.5 Å². The van der Waals surface area contributed by atoms with E-state index >= 15 is 0 Å². The van der Waals surface area contributed by atoms with Crippen molar-refractivity contribution in [2.24, 2.45) is 0 Å². The Kier molecular flexibility index (Phi) is 3.56. The summed E-state index contributed by atoms with van der Waals surface area (Å²) in [5, 5.41) is 16.7. The quantitative estimate of drug-likeness (QED) is 0.876. The minimum atomic E-state index is -4.41. The van der Waals surface area contributed by atoms with Crippen LogP contribution in [0.4, 0.5) is 19.0 Å². The Labute approximate surface area is 106 Å². The molecule has 0 radical (unpaired) electrons. The minimum Gasteiger partial charge on any atom is -0.391 e. The first-order valence-electron chi connectivity index (χ1n) is 5.50. The predicted molar refractivity (Wildman–Crippen MR) is 61.5 cm³/mol. The van der Waals surface area contributed by atoms with Gasteiger partial charge in [0.2, 0.25) is 0 Å². The van der Waals surface area contributed by atoms with Crippen LogP contribution in [0.2, 0.25) is 0 Å². The van der Waals surface area contributed by atoms with Gasteiger partial charge in [-0.2, -0.15) is 18.3 Å². The summed E-state index contributed by atoms with van der Waals surface area (Å²) >= 11 is 0. The van der Waals surface area contributed by atoms with E-state index in [1.54, 1.807) is 7.05 Å². The highest BCUT2D eigenvalue weighted by Crippen LogP contribution is 2.23. The predicted octanol–water partition coefficient (Wildman–Crippen LogP) is 1.18. The van der Waals surface area contributed by atoms with E-state index in [-0.39, 0.29) is 6.54 Å². The molecule has 0 fully saturated rings. The molecule has 2 N–H and O–H groups in total. The van der Waals surface area contributed by atoms with E-state index < -0.39 is 18.7 Å². The van der Waals surface area contributed by atoms with Crippen molar-refractivity contribution in [3.8, 4) is 0 Å². The van der Waals surface area contributed by atoms with Gasteiger partial charge < -0.3 is 10.4 Å². The van der Waals surface area contributed by atoms with Gasteiger partial charge in [0.1, 0.15) is 12.1 Å². The molecule has 0 aliphatic rings. The smallest absolute Gasteiger partial charge is 0.391 e. The zero-order valence-corrected chi connectivity index (χ0v) is 10.0. The number of aliphatic hydroxyl groups excluding tert-OH is 1. The summed E-state index contributed by atoms with van der Waals surface area (Å²) in [6.07, 6.45) is -4.52. The average Bonchev–Trinajstić information content (AvgIpc) is 2.70. The molecule has 0 saturated heterocycles. The number of rotatable bonds is 4. The van der Waals surface area contributed by atoms with Gasteiger partial charge in [-0.05, 0) is 0 Å². The van der Waals surface area contributed by atoms with Crippen molar-refractivity contribution in [3.05, 3.63) is 12.5 Å². The minimum absolute atomic E-state index is 0.275. The molecular weight excluding hydrogens is 263 g/mol. The van der Waals surface area contributed by atoms with Gasteiger partial charge in [0, 0.05) is 7.05 Å². The summed E-state index contributed by atoms with van der Waals surface area (Å²) in [6, 6.07) is 0. The summed E-state index contributed by atoms with van der Waals surface area (Å²) in [5.41, 5.74) is 0.376. The second-order valence-corrected chi connectivity index (χ2v) is 4.01. The molecule has 2 heterocycles. The molecule has 0 spiro atoms. The fourth-order valence-electron chi connectivity index (χ4n) is 1.76. The van der Waals surface area contributed by atoms with Crippen LogP contribution in [0.3, 0.4) is 0 Å². The first-order chi connectivity index (χ1) is 8.90. The number of nitrogens with zero attached hydrogens (tertiary/aromatic N) is 4. The summed E-state index contributed by atoms with van der Waals surface area (Å²) in [6.45, 7) is -0.275. The lowest BCUT2D eigenvalue weighted by atomic mass is 10.2. The van der Waals surface area contributed by atoms with Crippen molar-refractivity contribution in [2.75, 3.05) is 12.4 Å². The number of halogens is 3. The van der Waals surface area contributed by atoms with Gasteiger partial charge in [-0.25, -0.2) is 14.6 Å². The van der Waals surface area contributed by atoms with Crippen molar-refractivity contribution < 1.29 is 18.3 Å². The number of fused-ring (bicyclic) bond motifs is 1. The molecule has 0 aliphatic heterocycles. The molecule has 6 nitrogen and oxygen atoms in total. The number of aromatic nitrogens is 4. The van der Waals surface area contributed by atoms with E-state index in [1.807, 2.05) is 0 Å². The highest BCUT2D eigenvalue weighted by atomic mass is 19.4. The maximum absolute atomic E-state index is 12.1. The van der Waals surface area contributed by atoms with Crippen LogP contribution in [-0.2, 0) is 6.54 Å². The van der Waals surface area contributed by atoms with E-state index in [1.165, 1.54) is 17.2 Å². The Morgan fingerprint density at radius 1 is 1.42 bits per heavy atom. The lowest BCUT2D eigenvalue weighted by Gasteiger charge is -2.13. The first kappa shape index (κ1) is 13.5. The maximum atomic E-state index is 12.1. The summed E-state index contributed by atoms with van der Waals surface area (Å²) < 4.78 is 37.7. The third kappa shape index (κ3) is 3.11. The Hall–Kier alpha value is -1.90. The Balaban J connectivity index is 2.22. The third-order valence-electron chi connectivity index (χ3n) is 2.52. The summed E-state index contributed by atoms with van der Waals surface area (Å²) in [4.78, 5) is 7.92. The number of aliphatic hydroxyl groups is 1. The summed E-state index contributed by atoms with van der Waals surface area (Å²) in [7, 11) is 1.66. The Morgan fingerprint density at radius 2 is 2.16 bits per heavy atom. The van der Waals surface area contributed by atoms with Crippen molar-refractivity contribution >= 4 is 16.9 Å². The molecule has 0 bridgehead atoms. The van der Waals surface area contributed by atoms with Crippen LogP contribution in [0.5, 0.6) is 0 Å². The first-order valence-corrected chi connectivity index (χ1v) is 5.50. The van der Waals surface area contributed by atoms with Gasteiger partial charge >= 0.3 is 6.18 Å². The molecule has 0 aromatic carbocycles. The second kappa shape index (κ2) is 5.00. The van der Waals surface area contributed by atoms with Crippen molar-refractivity contribution in [1.29, 1.82) is 0 Å². The van der Waals surface area contributed by atoms with Gasteiger partial charge in [-0.1, -0.05) is 0 Å². The Bertz CT molecular complexity index is 568. The zero-order chi connectivity index (χ0) is 14.0. The Morgan fingerprint density at radius 3 is 2.79 bits per heavy atom. The molecular formula is C10H12F3N5O. The molecule has 9 heteroatoms. The fraction of sp³-hybridized carbons (Fsp3) is 0.500. The van der Waals surface area contributed by atoms with E-state index in [4.69, 9.17) is 0 Å². The molecule has 2 aromatic rings. The molecule has 104 valence electrons. The van der Waals surface area contributed by atoms with Crippen molar-refractivity contribution in [1.82, 2.24) is 19.7 Å². The number of hydrogen-bond acceptors (Lipinski definition) is 5. The lowest BCUT2D eigenvalue weighted by Crippen LogP contribution is -2.24. The van der Waals surface area contributed by atoms with Crippen LogP contribution in [0.25, 0.3) is 11.0 Å². The standard InChI is InChI=1S/C10H12F3N5O/c1-14-8-7-3-17-18(9(7)16-5-15-8)4-6(19)2-10(11,12)13/h3,5-6,19H,2,4H2,1H3,(H,14,15,16). The number of hydrogen-bond donors (Lipinski definition) is 2. The van der Waals surface area contributed by atoms with E-state index in [0.717, 1.165) is 0 Å². The molecule has 0 aliphatic carbocycles. The van der Waals surface area contributed by atoms with Crippen LogP contribution in [0.1, 0.15) is 6.42 Å². The highest BCUT2D eigenvalue weighted by molar-refractivity contribution is 5.85. The van der Waals surface area contributed by atoms with Gasteiger partial charge in [0.05, 0.1) is 30.7 Å². The van der Waals surface area contributed by atoms with Crippen LogP contribution < -0.4 is 5.32 Å². The number of alkyl halides is 3. The SMILES string of the molecule is CNc1ncnc2c1cnn2CC(O)CC(F)(F)F. The normalized spacial score (nSPS) is 13.7. The number of anilines is 1. The van der Waals surface area contributed by atoms with Gasteiger partial charge in [0.15, 0.2) is 5.65 Å². The molecule has 0 saturated carbocycles. The van der Waals surface area contributed by atoms with Crippen molar-refractivity contribution in [3.63, 3.8) is 0 Å². The topological polar surface area (TPSA) is 75.9 Å². The molecule has 1 atom stereocenters. The van der Waals surface area contributed by atoms with Crippen LogP contribution in [0, 0.1) is 0 Å². The van der Waals surface area contributed by atoms with Crippen LogP contribution >= 0.6 is 0 Å². The molecule has 0 amide bonds. The van der Waals surface area contributed by atoms with E-state index in [0.29, 0.717) is 16.9 Å². The lowest BCUT2D eigenvalue weighted by molar-refractivity contribution is -0.154. The monoisotopic (exact) mass is 275 g/mol. The van der Waals surface area contributed by atoms with E-state index in [2.05, 4.69) is 20.4 Å². The van der Waals surface area contributed by atoms with E-state index in [9.17, 15) is 18.3 Å². The maximum Gasteiger partial charge on any atom is 0.391 e.